The third kappa shape index (κ3) is 4.43. The van der Waals surface area contributed by atoms with Crippen molar-refractivity contribution in [3.63, 3.8) is 0 Å². The van der Waals surface area contributed by atoms with Crippen LogP contribution in [0, 0.1) is 0 Å². The number of amides is 2. The first-order valence-electron chi connectivity index (χ1n) is 7.29. The van der Waals surface area contributed by atoms with E-state index in [-0.39, 0.29) is 12.4 Å². The molecule has 0 radical (unpaired) electrons. The van der Waals surface area contributed by atoms with Crippen LogP contribution in [0.5, 0.6) is 0 Å². The average Bonchev–Trinajstić information content (AvgIpc) is 3.29. The van der Waals surface area contributed by atoms with Gasteiger partial charge >= 0.3 is 11.8 Å². The number of rotatable bonds is 5. The van der Waals surface area contributed by atoms with E-state index in [9.17, 15) is 9.59 Å². The highest BCUT2D eigenvalue weighted by Gasteiger charge is 2.16. The normalized spacial score (nSPS) is 10.4. The van der Waals surface area contributed by atoms with Gasteiger partial charge in [-0.3, -0.25) is 9.59 Å². The summed E-state index contributed by atoms with van der Waals surface area (Å²) in [5.74, 6) is -1.00. The highest BCUT2D eigenvalue weighted by molar-refractivity contribution is 7.09. The maximum absolute atomic E-state index is 11.8. The summed E-state index contributed by atoms with van der Waals surface area (Å²) in [4.78, 5) is 28.6. The van der Waals surface area contributed by atoms with Crippen molar-refractivity contribution in [2.75, 3.05) is 0 Å². The lowest BCUT2D eigenvalue weighted by molar-refractivity contribution is -0.139. The van der Waals surface area contributed by atoms with Crippen LogP contribution >= 0.6 is 22.9 Å². The highest BCUT2D eigenvalue weighted by atomic mass is 35.5. The van der Waals surface area contributed by atoms with E-state index in [4.69, 9.17) is 16.1 Å². The minimum absolute atomic E-state index is 0.0529. The summed E-state index contributed by atoms with van der Waals surface area (Å²) in [6, 6.07) is 10.8. The maximum Gasteiger partial charge on any atom is 0.309 e. The topological polar surface area (TPSA) is 97.1 Å². The predicted molar refractivity (Wildman–Crippen MR) is 92.8 cm³/mol. The Labute approximate surface area is 152 Å². The van der Waals surface area contributed by atoms with Gasteiger partial charge in [-0.05, 0) is 23.6 Å². The van der Waals surface area contributed by atoms with Crippen molar-refractivity contribution in [3.05, 3.63) is 57.6 Å². The van der Waals surface area contributed by atoms with Gasteiger partial charge in [0.05, 0.1) is 18.1 Å². The molecule has 0 aliphatic carbocycles. The smallest absolute Gasteiger partial charge is 0.309 e. The van der Waals surface area contributed by atoms with E-state index in [0.29, 0.717) is 23.0 Å². The minimum atomic E-state index is -0.769. The van der Waals surface area contributed by atoms with Gasteiger partial charge in [0.15, 0.2) is 0 Å². The van der Waals surface area contributed by atoms with Crippen molar-refractivity contribution in [2.45, 2.75) is 13.1 Å². The molecule has 0 saturated heterocycles. The first-order valence-corrected chi connectivity index (χ1v) is 8.55. The summed E-state index contributed by atoms with van der Waals surface area (Å²) in [6.45, 7) is 0.254. The lowest BCUT2D eigenvalue weighted by Gasteiger charge is -2.03. The number of aromatic nitrogens is 2. The zero-order chi connectivity index (χ0) is 17.6. The molecule has 25 heavy (non-hydrogen) atoms. The SMILES string of the molecule is O=C(NCc1nc(-c2ccccc2Cl)no1)C(=O)NCc1cccs1. The van der Waals surface area contributed by atoms with E-state index in [1.54, 1.807) is 24.3 Å². The molecule has 0 atom stereocenters. The number of benzene rings is 1. The van der Waals surface area contributed by atoms with Crippen molar-refractivity contribution in [1.29, 1.82) is 0 Å². The molecular formula is C16H13ClN4O3S. The Hall–Kier alpha value is -2.71. The van der Waals surface area contributed by atoms with Crippen LogP contribution in [0.2, 0.25) is 5.02 Å². The fraction of sp³-hybridized carbons (Fsp3) is 0.125. The molecule has 2 heterocycles. The van der Waals surface area contributed by atoms with Gasteiger partial charge in [0.25, 0.3) is 0 Å². The van der Waals surface area contributed by atoms with Gasteiger partial charge in [0.2, 0.25) is 11.7 Å². The summed E-state index contributed by atoms with van der Waals surface area (Å²) in [5.41, 5.74) is 0.624. The molecule has 2 amide bonds. The van der Waals surface area contributed by atoms with Gasteiger partial charge in [0, 0.05) is 10.4 Å². The number of nitrogens with one attached hydrogen (secondary N) is 2. The molecule has 1 aromatic carbocycles. The van der Waals surface area contributed by atoms with Crippen LogP contribution in [0.1, 0.15) is 10.8 Å². The van der Waals surface area contributed by atoms with Crippen LogP contribution < -0.4 is 10.6 Å². The number of nitrogens with zero attached hydrogens (tertiary/aromatic N) is 2. The number of thiophene rings is 1. The van der Waals surface area contributed by atoms with Crippen molar-refractivity contribution in [2.24, 2.45) is 0 Å². The van der Waals surface area contributed by atoms with Crippen molar-refractivity contribution >= 4 is 34.8 Å². The molecule has 9 heteroatoms. The summed E-state index contributed by atoms with van der Waals surface area (Å²) in [7, 11) is 0. The number of hydrogen-bond acceptors (Lipinski definition) is 6. The van der Waals surface area contributed by atoms with Crippen LogP contribution in [0.25, 0.3) is 11.4 Å². The van der Waals surface area contributed by atoms with E-state index < -0.39 is 11.8 Å². The first-order chi connectivity index (χ1) is 12.1. The zero-order valence-electron chi connectivity index (χ0n) is 12.9. The molecule has 0 spiro atoms. The van der Waals surface area contributed by atoms with Crippen LogP contribution in [0.4, 0.5) is 0 Å². The Morgan fingerprint density at radius 2 is 1.84 bits per heavy atom. The largest absolute Gasteiger partial charge is 0.343 e. The fourth-order valence-corrected chi connectivity index (χ4v) is 2.84. The third-order valence-corrected chi connectivity index (χ3v) is 4.40. The standard InChI is InChI=1S/C16H13ClN4O3S/c17-12-6-2-1-5-11(12)14-20-13(24-21-14)9-19-16(23)15(22)18-8-10-4-3-7-25-10/h1-7H,8-9H2,(H,18,22)(H,19,23). The molecule has 0 fully saturated rings. The number of halogens is 1. The van der Waals surface area contributed by atoms with Crippen LogP contribution in [-0.4, -0.2) is 22.0 Å². The predicted octanol–water partition coefficient (Wildman–Crippen LogP) is 2.38. The third-order valence-electron chi connectivity index (χ3n) is 3.19. The van der Waals surface area contributed by atoms with Gasteiger partial charge in [-0.1, -0.05) is 35.0 Å². The molecule has 0 saturated carbocycles. The van der Waals surface area contributed by atoms with Crippen LogP contribution in [0.3, 0.4) is 0 Å². The molecule has 7 nitrogen and oxygen atoms in total. The minimum Gasteiger partial charge on any atom is -0.343 e. The fourth-order valence-electron chi connectivity index (χ4n) is 1.98. The Morgan fingerprint density at radius 1 is 1.08 bits per heavy atom. The van der Waals surface area contributed by atoms with E-state index >= 15 is 0 Å². The van der Waals surface area contributed by atoms with Crippen molar-refractivity contribution in [3.8, 4) is 11.4 Å². The molecule has 0 aliphatic rings. The molecule has 2 aromatic heterocycles. The quantitative estimate of drug-likeness (QED) is 0.666. The van der Waals surface area contributed by atoms with Gasteiger partial charge in [-0.25, -0.2) is 0 Å². The van der Waals surface area contributed by atoms with Crippen LogP contribution in [0.15, 0.2) is 46.3 Å². The number of hydrogen-bond donors (Lipinski definition) is 2. The second-order valence-corrected chi connectivity index (χ2v) is 6.38. The second kappa shape index (κ2) is 7.91. The molecule has 0 aliphatic heterocycles. The number of carbonyl (C=O) groups excluding carboxylic acids is 2. The Morgan fingerprint density at radius 3 is 2.56 bits per heavy atom. The van der Waals surface area contributed by atoms with Gasteiger partial charge in [-0.15, -0.1) is 11.3 Å². The Bertz CT molecular complexity index is 879. The molecule has 2 N–H and O–H groups in total. The molecule has 128 valence electrons. The van der Waals surface area contributed by atoms with Gasteiger partial charge in [-0.2, -0.15) is 4.98 Å². The number of carbonyl (C=O) groups is 2. The molecule has 3 rings (SSSR count). The van der Waals surface area contributed by atoms with Gasteiger partial charge < -0.3 is 15.2 Å². The summed E-state index contributed by atoms with van der Waals surface area (Å²) in [5, 5.41) is 11.2. The molecule has 0 bridgehead atoms. The molecular weight excluding hydrogens is 364 g/mol. The van der Waals surface area contributed by atoms with Gasteiger partial charge in [0.1, 0.15) is 0 Å². The zero-order valence-corrected chi connectivity index (χ0v) is 14.4. The highest BCUT2D eigenvalue weighted by Crippen LogP contribution is 2.24. The lowest BCUT2D eigenvalue weighted by atomic mass is 10.2. The Balaban J connectivity index is 1.52. The van der Waals surface area contributed by atoms with E-state index in [0.717, 1.165) is 4.88 Å². The summed E-state index contributed by atoms with van der Waals surface area (Å²) < 4.78 is 5.06. The van der Waals surface area contributed by atoms with Crippen molar-refractivity contribution in [1.82, 2.24) is 20.8 Å². The van der Waals surface area contributed by atoms with Crippen molar-refractivity contribution < 1.29 is 14.1 Å². The van der Waals surface area contributed by atoms with Crippen LogP contribution in [-0.2, 0) is 22.7 Å². The first kappa shape index (κ1) is 17.1. The second-order valence-electron chi connectivity index (χ2n) is 4.94. The molecule has 3 aromatic rings. The lowest BCUT2D eigenvalue weighted by Crippen LogP contribution is -2.39. The van der Waals surface area contributed by atoms with E-state index in [1.807, 2.05) is 17.5 Å². The molecule has 0 unspecified atom stereocenters. The Kier molecular flexibility index (Phi) is 5.42. The maximum atomic E-state index is 11.8. The monoisotopic (exact) mass is 376 g/mol. The van der Waals surface area contributed by atoms with E-state index in [1.165, 1.54) is 11.3 Å². The average molecular weight is 377 g/mol. The summed E-state index contributed by atoms with van der Waals surface area (Å²) in [6.07, 6.45) is 0. The van der Waals surface area contributed by atoms with E-state index in [2.05, 4.69) is 20.8 Å². The summed E-state index contributed by atoms with van der Waals surface area (Å²) >= 11 is 7.57.